The average molecular weight is 359 g/mol. The summed E-state index contributed by atoms with van der Waals surface area (Å²) in [6.07, 6.45) is 0.760. The van der Waals surface area contributed by atoms with Crippen molar-refractivity contribution < 1.29 is 23.8 Å². The van der Waals surface area contributed by atoms with Crippen LogP contribution in [0.2, 0.25) is 0 Å². The number of para-hydroxylation sites is 1. The molecule has 2 N–H and O–H groups in total. The first kappa shape index (κ1) is 19.4. The van der Waals surface area contributed by atoms with Gasteiger partial charge in [0.1, 0.15) is 11.6 Å². The van der Waals surface area contributed by atoms with Crippen molar-refractivity contribution in [3.8, 4) is 5.75 Å². The second-order valence-corrected chi connectivity index (χ2v) is 5.96. The molecular weight excluding hydrogens is 337 g/mol. The molecule has 0 fully saturated rings. The van der Waals surface area contributed by atoms with Crippen molar-refractivity contribution in [3.05, 3.63) is 65.5 Å². The van der Waals surface area contributed by atoms with Crippen molar-refractivity contribution in [1.29, 1.82) is 0 Å². The minimum absolute atomic E-state index is 0.0432. The molecule has 0 spiro atoms. The van der Waals surface area contributed by atoms with Crippen LogP contribution in [0.3, 0.4) is 0 Å². The summed E-state index contributed by atoms with van der Waals surface area (Å²) in [7, 11) is 0. The van der Waals surface area contributed by atoms with Crippen LogP contribution in [0.15, 0.2) is 48.5 Å². The van der Waals surface area contributed by atoms with E-state index in [4.69, 9.17) is 4.74 Å². The highest BCUT2D eigenvalue weighted by molar-refractivity contribution is 5.79. The van der Waals surface area contributed by atoms with E-state index in [2.05, 4.69) is 5.32 Å². The molecule has 138 valence electrons. The number of ether oxygens (including phenoxy) is 1. The Morgan fingerprint density at radius 1 is 1.15 bits per heavy atom. The van der Waals surface area contributed by atoms with Gasteiger partial charge in [-0.25, -0.2) is 4.39 Å². The van der Waals surface area contributed by atoms with Crippen LogP contribution in [0.5, 0.6) is 5.75 Å². The van der Waals surface area contributed by atoms with Crippen LogP contribution in [0.4, 0.5) is 4.39 Å². The Morgan fingerprint density at radius 2 is 1.85 bits per heavy atom. The van der Waals surface area contributed by atoms with Gasteiger partial charge in [-0.05, 0) is 42.7 Å². The van der Waals surface area contributed by atoms with Crippen molar-refractivity contribution in [2.45, 2.75) is 25.7 Å². The third-order valence-electron chi connectivity index (χ3n) is 3.97. The number of carbonyl (C=O) groups is 2. The van der Waals surface area contributed by atoms with Gasteiger partial charge >= 0.3 is 5.97 Å². The number of carbonyl (C=O) groups excluding carboxylic acids is 1. The fourth-order valence-corrected chi connectivity index (χ4v) is 2.48. The third kappa shape index (κ3) is 5.88. The lowest BCUT2D eigenvalue weighted by molar-refractivity contribution is -0.138. The van der Waals surface area contributed by atoms with Gasteiger partial charge in [-0.15, -0.1) is 0 Å². The number of carboxylic acid groups (broad SMARTS) is 1. The number of aliphatic carboxylic acids is 1. The Balaban J connectivity index is 1.75. The predicted octanol–water partition coefficient (Wildman–Crippen LogP) is 3.28. The molecule has 0 aromatic heterocycles. The van der Waals surface area contributed by atoms with Gasteiger partial charge < -0.3 is 15.2 Å². The molecule has 2 aromatic carbocycles. The number of nitrogens with one attached hydrogen (secondary N) is 1. The summed E-state index contributed by atoms with van der Waals surface area (Å²) < 4.78 is 18.6. The lowest BCUT2D eigenvalue weighted by Crippen LogP contribution is -2.31. The Hall–Kier alpha value is -2.89. The molecule has 2 aromatic rings. The Bertz CT molecular complexity index is 746. The molecule has 5 nitrogen and oxygen atoms in total. The molecule has 0 radical (unpaired) electrons. The molecule has 6 heteroatoms. The average Bonchev–Trinajstić information content (AvgIpc) is 2.61. The van der Waals surface area contributed by atoms with Crippen LogP contribution in [-0.2, 0) is 9.59 Å². The molecule has 0 heterocycles. The van der Waals surface area contributed by atoms with E-state index in [1.54, 1.807) is 0 Å². The number of halogens is 1. The van der Waals surface area contributed by atoms with E-state index in [0.29, 0.717) is 18.6 Å². The second kappa shape index (κ2) is 9.56. The largest absolute Gasteiger partial charge is 0.493 e. The van der Waals surface area contributed by atoms with Gasteiger partial charge in [0.2, 0.25) is 5.91 Å². The van der Waals surface area contributed by atoms with Crippen LogP contribution in [0, 0.1) is 12.7 Å². The summed E-state index contributed by atoms with van der Waals surface area (Å²) in [4.78, 5) is 23.3. The van der Waals surface area contributed by atoms with E-state index >= 15 is 0 Å². The van der Waals surface area contributed by atoms with E-state index in [1.807, 2.05) is 31.2 Å². The first-order valence-electron chi connectivity index (χ1n) is 8.41. The molecule has 0 aliphatic heterocycles. The lowest BCUT2D eigenvalue weighted by Gasteiger charge is -2.14. The summed E-state index contributed by atoms with van der Waals surface area (Å²) in [6.45, 7) is 2.31. The quantitative estimate of drug-likeness (QED) is 0.674. The number of benzene rings is 2. The molecule has 2 rings (SSSR count). The summed E-state index contributed by atoms with van der Waals surface area (Å²) in [5.74, 6) is -1.87. The molecule has 0 aliphatic carbocycles. The molecule has 0 bridgehead atoms. The first-order valence-corrected chi connectivity index (χ1v) is 8.41. The van der Waals surface area contributed by atoms with Gasteiger partial charge in [0.25, 0.3) is 0 Å². The normalized spacial score (nSPS) is 11.6. The van der Waals surface area contributed by atoms with Crippen LogP contribution in [0.1, 0.15) is 29.9 Å². The Kier molecular flexibility index (Phi) is 7.14. The first-order chi connectivity index (χ1) is 12.5. The lowest BCUT2D eigenvalue weighted by atomic mass is 9.99. The summed E-state index contributed by atoms with van der Waals surface area (Å²) in [5.41, 5.74) is 1.47. The molecule has 1 amide bonds. The molecule has 0 saturated carbocycles. The zero-order valence-electron chi connectivity index (χ0n) is 14.6. The van der Waals surface area contributed by atoms with Crippen molar-refractivity contribution in [1.82, 2.24) is 5.32 Å². The Labute approximate surface area is 151 Å². The highest BCUT2D eigenvalue weighted by atomic mass is 19.1. The third-order valence-corrected chi connectivity index (χ3v) is 3.97. The van der Waals surface area contributed by atoms with Crippen molar-refractivity contribution in [3.63, 3.8) is 0 Å². The van der Waals surface area contributed by atoms with Crippen LogP contribution in [-0.4, -0.2) is 30.1 Å². The molecule has 1 unspecified atom stereocenters. The molecule has 26 heavy (non-hydrogen) atoms. The van der Waals surface area contributed by atoms with Crippen LogP contribution in [0.25, 0.3) is 0 Å². The van der Waals surface area contributed by atoms with Gasteiger partial charge in [-0.1, -0.05) is 30.3 Å². The van der Waals surface area contributed by atoms with Crippen molar-refractivity contribution >= 4 is 11.9 Å². The van der Waals surface area contributed by atoms with Gasteiger partial charge in [-0.3, -0.25) is 9.59 Å². The SMILES string of the molecule is Cc1ccccc1OCCCC(=O)NCC(C(=O)O)c1ccc(F)cc1. The highest BCUT2D eigenvalue weighted by Gasteiger charge is 2.20. The maximum absolute atomic E-state index is 13.0. The van der Waals surface area contributed by atoms with Gasteiger partial charge in [0.15, 0.2) is 0 Å². The van der Waals surface area contributed by atoms with Gasteiger partial charge in [0.05, 0.1) is 12.5 Å². The fraction of sp³-hybridized carbons (Fsp3) is 0.300. The molecule has 1 atom stereocenters. The van der Waals surface area contributed by atoms with E-state index < -0.39 is 17.7 Å². The topological polar surface area (TPSA) is 75.6 Å². The highest BCUT2D eigenvalue weighted by Crippen LogP contribution is 2.17. The summed E-state index contributed by atoms with van der Waals surface area (Å²) in [5, 5.41) is 11.9. The van der Waals surface area contributed by atoms with Gasteiger partial charge in [-0.2, -0.15) is 0 Å². The summed E-state index contributed by atoms with van der Waals surface area (Å²) in [6, 6.07) is 12.9. The predicted molar refractivity (Wildman–Crippen MR) is 95.7 cm³/mol. The summed E-state index contributed by atoms with van der Waals surface area (Å²) >= 11 is 0. The smallest absolute Gasteiger partial charge is 0.312 e. The number of hydrogen-bond acceptors (Lipinski definition) is 3. The zero-order chi connectivity index (χ0) is 18.9. The van der Waals surface area contributed by atoms with E-state index in [1.165, 1.54) is 24.3 Å². The van der Waals surface area contributed by atoms with E-state index in [0.717, 1.165) is 11.3 Å². The van der Waals surface area contributed by atoms with E-state index in [-0.39, 0.29) is 18.9 Å². The van der Waals surface area contributed by atoms with Crippen molar-refractivity contribution in [2.75, 3.05) is 13.2 Å². The van der Waals surface area contributed by atoms with Crippen molar-refractivity contribution in [2.24, 2.45) is 0 Å². The number of aryl methyl sites for hydroxylation is 1. The minimum atomic E-state index is -1.07. The number of rotatable bonds is 9. The number of hydrogen-bond donors (Lipinski definition) is 2. The number of amides is 1. The molecule has 0 aliphatic rings. The van der Waals surface area contributed by atoms with Crippen LogP contribution < -0.4 is 10.1 Å². The fourth-order valence-electron chi connectivity index (χ4n) is 2.48. The number of carboxylic acids is 1. The second-order valence-electron chi connectivity index (χ2n) is 5.96. The maximum atomic E-state index is 13.0. The standard InChI is InChI=1S/C20H22FNO4/c1-14-5-2-3-6-18(14)26-12-4-7-19(23)22-13-17(20(24)25)15-8-10-16(21)11-9-15/h2-3,5-6,8-11,17H,4,7,12-13H2,1H3,(H,22,23)(H,24,25). The Morgan fingerprint density at radius 3 is 2.50 bits per heavy atom. The monoisotopic (exact) mass is 359 g/mol. The molecular formula is C20H22FNO4. The minimum Gasteiger partial charge on any atom is -0.493 e. The van der Waals surface area contributed by atoms with E-state index in [9.17, 15) is 19.1 Å². The molecule has 0 saturated heterocycles. The maximum Gasteiger partial charge on any atom is 0.312 e. The van der Waals surface area contributed by atoms with Crippen LogP contribution >= 0.6 is 0 Å². The zero-order valence-corrected chi connectivity index (χ0v) is 14.6. The van der Waals surface area contributed by atoms with Gasteiger partial charge in [0, 0.05) is 13.0 Å².